The van der Waals surface area contributed by atoms with Gasteiger partial charge in [0.25, 0.3) is 0 Å². The van der Waals surface area contributed by atoms with Crippen LogP contribution in [0.2, 0.25) is 5.02 Å². The Labute approximate surface area is 123 Å². The van der Waals surface area contributed by atoms with E-state index in [-0.39, 0.29) is 28.8 Å². The molecule has 6 nitrogen and oxygen atoms in total. The van der Waals surface area contributed by atoms with Crippen molar-refractivity contribution < 1.29 is 14.6 Å². The Bertz CT molecular complexity index is 500. The molecule has 112 valence electrons. The lowest BCUT2D eigenvalue weighted by Gasteiger charge is -2.27. The number of esters is 1. The summed E-state index contributed by atoms with van der Waals surface area (Å²) in [4.78, 5) is 15.6. The molecule has 1 atom stereocenters. The monoisotopic (exact) mass is 301 g/mol. The summed E-state index contributed by atoms with van der Waals surface area (Å²) in [7, 11) is 0. The lowest BCUT2D eigenvalue weighted by atomic mass is 9.94. The second-order valence-electron chi connectivity index (χ2n) is 5.38. The zero-order valence-electron chi connectivity index (χ0n) is 12.0. The number of carbonyl (C=O) groups is 1. The van der Waals surface area contributed by atoms with E-state index in [1.807, 2.05) is 20.8 Å². The van der Waals surface area contributed by atoms with Crippen molar-refractivity contribution in [2.75, 3.05) is 17.7 Å². The van der Waals surface area contributed by atoms with Crippen molar-refractivity contribution in [1.82, 2.24) is 4.98 Å². The van der Waals surface area contributed by atoms with Crippen LogP contribution >= 0.6 is 11.6 Å². The van der Waals surface area contributed by atoms with Crippen LogP contribution in [0.15, 0.2) is 6.07 Å². The SMILES string of the molecule is CCOC(=O)c1cc(Cl)c(NC(O)C(C)(C)C)nc1N. The average molecular weight is 302 g/mol. The number of rotatable bonds is 4. The van der Waals surface area contributed by atoms with Crippen LogP contribution in [0.5, 0.6) is 0 Å². The number of carbonyl (C=O) groups excluding carboxylic acids is 1. The number of aliphatic hydroxyl groups excluding tert-OH is 1. The second kappa shape index (κ2) is 6.28. The fraction of sp³-hybridized carbons (Fsp3) is 0.538. The molecule has 0 saturated carbocycles. The van der Waals surface area contributed by atoms with Gasteiger partial charge in [-0.3, -0.25) is 0 Å². The molecule has 0 bridgehead atoms. The summed E-state index contributed by atoms with van der Waals surface area (Å²) in [5.74, 6) is -0.363. The molecular weight excluding hydrogens is 282 g/mol. The fourth-order valence-electron chi connectivity index (χ4n) is 1.32. The second-order valence-corrected chi connectivity index (χ2v) is 5.79. The molecule has 0 aliphatic rings. The first kappa shape index (κ1) is 16.5. The average Bonchev–Trinajstić information content (AvgIpc) is 2.32. The number of halogens is 1. The van der Waals surface area contributed by atoms with Gasteiger partial charge in [-0.15, -0.1) is 0 Å². The lowest BCUT2D eigenvalue weighted by Crippen LogP contribution is -2.34. The van der Waals surface area contributed by atoms with Crippen LogP contribution in [0.25, 0.3) is 0 Å². The Morgan fingerprint density at radius 3 is 2.70 bits per heavy atom. The number of nitrogen functional groups attached to an aromatic ring is 1. The van der Waals surface area contributed by atoms with Crippen LogP contribution in [0.1, 0.15) is 38.1 Å². The molecule has 0 fully saturated rings. The maximum atomic E-state index is 11.6. The number of nitrogens with zero attached hydrogens (tertiary/aromatic N) is 1. The third-order valence-electron chi connectivity index (χ3n) is 2.59. The maximum absolute atomic E-state index is 11.6. The third kappa shape index (κ3) is 3.98. The van der Waals surface area contributed by atoms with Crippen molar-refractivity contribution in [2.24, 2.45) is 5.41 Å². The third-order valence-corrected chi connectivity index (χ3v) is 2.88. The number of hydrogen-bond donors (Lipinski definition) is 3. The Morgan fingerprint density at radius 2 is 2.20 bits per heavy atom. The Kier molecular flexibility index (Phi) is 5.19. The van der Waals surface area contributed by atoms with E-state index in [0.717, 1.165) is 0 Å². The molecule has 0 saturated heterocycles. The van der Waals surface area contributed by atoms with E-state index in [2.05, 4.69) is 10.3 Å². The molecule has 1 aromatic heterocycles. The van der Waals surface area contributed by atoms with Gasteiger partial charge < -0.3 is 20.9 Å². The lowest BCUT2D eigenvalue weighted by molar-refractivity contribution is 0.0527. The summed E-state index contributed by atoms with van der Waals surface area (Å²) in [6, 6.07) is 1.37. The first-order valence-corrected chi connectivity index (χ1v) is 6.62. The molecule has 0 aromatic carbocycles. The topological polar surface area (TPSA) is 97.5 Å². The standard InChI is InChI=1S/C13H20ClN3O3/c1-5-20-11(18)7-6-8(14)10(16-9(7)15)17-12(19)13(2,3)4/h6,12,19H,5H2,1-4H3,(H3,15,16,17). The highest BCUT2D eigenvalue weighted by molar-refractivity contribution is 6.33. The number of anilines is 2. The molecule has 7 heteroatoms. The van der Waals surface area contributed by atoms with Gasteiger partial charge >= 0.3 is 5.97 Å². The van der Waals surface area contributed by atoms with Gasteiger partial charge in [0.05, 0.1) is 11.6 Å². The number of hydrogen-bond acceptors (Lipinski definition) is 6. The molecule has 1 unspecified atom stereocenters. The van der Waals surface area contributed by atoms with Crippen molar-refractivity contribution >= 4 is 29.2 Å². The number of pyridine rings is 1. The van der Waals surface area contributed by atoms with Crippen molar-refractivity contribution in [3.63, 3.8) is 0 Å². The van der Waals surface area contributed by atoms with Crippen LogP contribution in [0.3, 0.4) is 0 Å². The summed E-state index contributed by atoms with van der Waals surface area (Å²) in [5, 5.41) is 12.9. The molecule has 0 radical (unpaired) electrons. The molecular formula is C13H20ClN3O3. The predicted octanol–water partition coefficient (Wildman–Crippen LogP) is 2.27. The number of nitrogens with one attached hydrogen (secondary N) is 1. The summed E-state index contributed by atoms with van der Waals surface area (Å²) in [5.41, 5.74) is 5.42. The highest BCUT2D eigenvalue weighted by Gasteiger charge is 2.24. The number of ether oxygens (including phenoxy) is 1. The van der Waals surface area contributed by atoms with Gasteiger partial charge in [0.1, 0.15) is 23.4 Å². The summed E-state index contributed by atoms with van der Waals surface area (Å²) in [6.45, 7) is 7.50. The van der Waals surface area contributed by atoms with Crippen LogP contribution in [0.4, 0.5) is 11.6 Å². The minimum atomic E-state index is -0.861. The zero-order valence-corrected chi connectivity index (χ0v) is 12.8. The van der Waals surface area contributed by atoms with E-state index < -0.39 is 17.6 Å². The number of aliphatic hydroxyl groups is 1. The highest BCUT2D eigenvalue weighted by atomic mass is 35.5. The van der Waals surface area contributed by atoms with E-state index in [1.54, 1.807) is 6.92 Å². The van der Waals surface area contributed by atoms with Crippen molar-refractivity contribution in [2.45, 2.75) is 33.9 Å². The van der Waals surface area contributed by atoms with Gasteiger partial charge in [0.15, 0.2) is 0 Å². The molecule has 0 aliphatic carbocycles. The van der Waals surface area contributed by atoms with Gasteiger partial charge in [-0.25, -0.2) is 9.78 Å². The van der Waals surface area contributed by atoms with E-state index in [4.69, 9.17) is 22.1 Å². The van der Waals surface area contributed by atoms with Crippen LogP contribution in [0, 0.1) is 5.41 Å². The quantitative estimate of drug-likeness (QED) is 0.583. The fourth-order valence-corrected chi connectivity index (χ4v) is 1.53. The maximum Gasteiger partial charge on any atom is 0.341 e. The van der Waals surface area contributed by atoms with E-state index in [0.29, 0.717) is 0 Å². The van der Waals surface area contributed by atoms with Gasteiger partial charge in [0, 0.05) is 5.41 Å². The molecule has 20 heavy (non-hydrogen) atoms. The molecule has 0 aliphatic heterocycles. The summed E-state index contributed by atoms with van der Waals surface area (Å²) >= 11 is 6.04. The Hall–Kier alpha value is -1.53. The van der Waals surface area contributed by atoms with E-state index in [9.17, 15) is 9.90 Å². The molecule has 1 aromatic rings. The first-order chi connectivity index (χ1) is 9.16. The van der Waals surface area contributed by atoms with E-state index in [1.165, 1.54) is 6.07 Å². The minimum Gasteiger partial charge on any atom is -0.462 e. The highest BCUT2D eigenvalue weighted by Crippen LogP contribution is 2.28. The Balaban J connectivity index is 3.03. The first-order valence-electron chi connectivity index (χ1n) is 6.24. The predicted molar refractivity (Wildman–Crippen MR) is 78.7 cm³/mol. The summed E-state index contributed by atoms with van der Waals surface area (Å²) in [6.07, 6.45) is -0.861. The van der Waals surface area contributed by atoms with Gasteiger partial charge in [-0.05, 0) is 13.0 Å². The minimum absolute atomic E-state index is 0.00328. The summed E-state index contributed by atoms with van der Waals surface area (Å²) < 4.78 is 4.85. The zero-order chi connectivity index (χ0) is 15.5. The van der Waals surface area contributed by atoms with Gasteiger partial charge in [-0.1, -0.05) is 32.4 Å². The molecule has 0 amide bonds. The van der Waals surface area contributed by atoms with Crippen LogP contribution < -0.4 is 11.1 Å². The normalized spacial score (nSPS) is 12.9. The van der Waals surface area contributed by atoms with Crippen LogP contribution in [-0.4, -0.2) is 28.9 Å². The Morgan fingerprint density at radius 1 is 1.60 bits per heavy atom. The number of nitrogens with two attached hydrogens (primary N) is 1. The molecule has 1 heterocycles. The van der Waals surface area contributed by atoms with Crippen molar-refractivity contribution in [3.05, 3.63) is 16.7 Å². The number of aromatic nitrogens is 1. The van der Waals surface area contributed by atoms with Gasteiger partial charge in [0.2, 0.25) is 0 Å². The van der Waals surface area contributed by atoms with Crippen molar-refractivity contribution in [1.29, 1.82) is 0 Å². The largest absolute Gasteiger partial charge is 0.462 e. The van der Waals surface area contributed by atoms with Crippen molar-refractivity contribution in [3.8, 4) is 0 Å². The van der Waals surface area contributed by atoms with Gasteiger partial charge in [-0.2, -0.15) is 0 Å². The molecule has 1 rings (SSSR count). The smallest absolute Gasteiger partial charge is 0.341 e. The van der Waals surface area contributed by atoms with Crippen LogP contribution in [-0.2, 0) is 4.74 Å². The molecule has 0 spiro atoms. The van der Waals surface area contributed by atoms with E-state index >= 15 is 0 Å². The molecule has 4 N–H and O–H groups in total.